The Labute approximate surface area is 117 Å². The molecule has 2 N–H and O–H groups in total. The first kappa shape index (κ1) is 12.5. The summed E-state index contributed by atoms with van der Waals surface area (Å²) >= 11 is 0. The topological polar surface area (TPSA) is 53.1 Å². The van der Waals surface area contributed by atoms with E-state index in [0.29, 0.717) is 6.54 Å². The first-order chi connectivity index (χ1) is 9.67. The number of rotatable bonds is 3. The van der Waals surface area contributed by atoms with Crippen LogP contribution in [-0.4, -0.2) is 16.9 Å². The minimum Gasteiger partial charge on any atom is -0.496 e. The number of nitrogens with two attached hydrogens (primary N) is 1. The van der Waals surface area contributed by atoms with Gasteiger partial charge in [0.25, 0.3) is 0 Å². The summed E-state index contributed by atoms with van der Waals surface area (Å²) in [5, 5.41) is 5.53. The van der Waals surface area contributed by atoms with Gasteiger partial charge in [-0.1, -0.05) is 17.7 Å². The van der Waals surface area contributed by atoms with E-state index in [1.54, 1.807) is 7.11 Å². The molecule has 2 aromatic carbocycles. The van der Waals surface area contributed by atoms with Crippen molar-refractivity contribution in [2.24, 2.45) is 0 Å². The molecule has 1 aromatic heterocycles. The van der Waals surface area contributed by atoms with Gasteiger partial charge in [-0.05, 0) is 31.2 Å². The third-order valence-electron chi connectivity index (χ3n) is 3.42. The van der Waals surface area contributed by atoms with Crippen molar-refractivity contribution >= 4 is 16.6 Å². The third-order valence-corrected chi connectivity index (χ3v) is 3.42. The lowest BCUT2D eigenvalue weighted by atomic mass is 10.1. The molecular formula is C16H17N3O. The second-order valence-corrected chi connectivity index (χ2v) is 4.94. The zero-order valence-electron chi connectivity index (χ0n) is 11.6. The van der Waals surface area contributed by atoms with Gasteiger partial charge in [-0.15, -0.1) is 0 Å². The molecule has 20 heavy (non-hydrogen) atoms. The van der Waals surface area contributed by atoms with Gasteiger partial charge < -0.3 is 10.5 Å². The fourth-order valence-electron chi connectivity index (χ4n) is 2.41. The molecule has 3 rings (SSSR count). The van der Waals surface area contributed by atoms with Crippen LogP contribution in [0.2, 0.25) is 0 Å². The Hall–Kier alpha value is -2.49. The summed E-state index contributed by atoms with van der Waals surface area (Å²) in [6.45, 7) is 2.74. The average molecular weight is 267 g/mol. The molecule has 0 aliphatic carbocycles. The predicted octanol–water partition coefficient (Wildman–Crippen LogP) is 2.98. The number of hydrogen-bond donors (Lipinski definition) is 1. The quantitative estimate of drug-likeness (QED) is 0.742. The molecule has 3 aromatic rings. The molecule has 4 nitrogen and oxygen atoms in total. The lowest BCUT2D eigenvalue weighted by molar-refractivity contribution is 0.407. The van der Waals surface area contributed by atoms with Gasteiger partial charge in [-0.3, -0.25) is 4.68 Å². The predicted molar refractivity (Wildman–Crippen MR) is 81.0 cm³/mol. The highest BCUT2D eigenvalue weighted by atomic mass is 16.5. The van der Waals surface area contributed by atoms with E-state index in [2.05, 4.69) is 18.1 Å². The van der Waals surface area contributed by atoms with E-state index in [9.17, 15) is 0 Å². The molecule has 0 amide bonds. The van der Waals surface area contributed by atoms with Crippen LogP contribution in [-0.2, 0) is 6.54 Å². The van der Waals surface area contributed by atoms with Gasteiger partial charge in [-0.25, -0.2) is 0 Å². The summed E-state index contributed by atoms with van der Waals surface area (Å²) < 4.78 is 7.37. The largest absolute Gasteiger partial charge is 0.496 e. The Morgan fingerprint density at radius 1 is 1.20 bits per heavy atom. The molecule has 0 unspecified atom stereocenters. The summed E-state index contributed by atoms with van der Waals surface area (Å²) in [5.41, 5.74) is 9.96. The molecular weight excluding hydrogens is 250 g/mol. The van der Waals surface area contributed by atoms with Crippen molar-refractivity contribution in [2.45, 2.75) is 13.5 Å². The van der Waals surface area contributed by atoms with Crippen LogP contribution in [0.1, 0.15) is 11.1 Å². The maximum Gasteiger partial charge on any atom is 0.123 e. The summed E-state index contributed by atoms with van der Waals surface area (Å²) in [6, 6.07) is 12.0. The van der Waals surface area contributed by atoms with Gasteiger partial charge in [0.15, 0.2) is 0 Å². The lowest BCUT2D eigenvalue weighted by Gasteiger charge is -2.10. The van der Waals surface area contributed by atoms with Gasteiger partial charge in [0.1, 0.15) is 5.75 Å². The van der Waals surface area contributed by atoms with E-state index < -0.39 is 0 Å². The molecule has 1 heterocycles. The minimum absolute atomic E-state index is 0.664. The molecule has 0 saturated carbocycles. The second-order valence-electron chi connectivity index (χ2n) is 4.94. The van der Waals surface area contributed by atoms with Gasteiger partial charge in [0, 0.05) is 16.6 Å². The van der Waals surface area contributed by atoms with Crippen molar-refractivity contribution in [1.29, 1.82) is 0 Å². The van der Waals surface area contributed by atoms with E-state index in [1.165, 1.54) is 5.56 Å². The summed E-state index contributed by atoms with van der Waals surface area (Å²) in [6.07, 6.45) is 1.86. The fourth-order valence-corrected chi connectivity index (χ4v) is 2.41. The Kier molecular flexibility index (Phi) is 3.06. The SMILES string of the molecule is COc1ccc(C)cc1Cn1ncc2ccc(N)cc21. The van der Waals surface area contributed by atoms with Crippen LogP contribution >= 0.6 is 0 Å². The lowest BCUT2D eigenvalue weighted by Crippen LogP contribution is -2.04. The number of ether oxygens (including phenoxy) is 1. The van der Waals surface area contributed by atoms with Crippen molar-refractivity contribution in [2.75, 3.05) is 12.8 Å². The van der Waals surface area contributed by atoms with Gasteiger partial charge in [0.05, 0.1) is 25.4 Å². The van der Waals surface area contributed by atoms with Crippen LogP contribution in [0.15, 0.2) is 42.6 Å². The third kappa shape index (κ3) is 2.20. The fraction of sp³-hybridized carbons (Fsp3) is 0.188. The van der Waals surface area contributed by atoms with Crippen molar-refractivity contribution < 1.29 is 4.74 Å². The van der Waals surface area contributed by atoms with E-state index in [1.807, 2.05) is 41.2 Å². The number of nitrogens with zero attached hydrogens (tertiary/aromatic N) is 2. The van der Waals surface area contributed by atoms with E-state index in [-0.39, 0.29) is 0 Å². The molecule has 0 saturated heterocycles. The van der Waals surface area contributed by atoms with Crippen molar-refractivity contribution in [3.63, 3.8) is 0 Å². The molecule has 0 aliphatic rings. The number of fused-ring (bicyclic) bond motifs is 1. The Balaban J connectivity index is 2.05. The molecule has 0 radical (unpaired) electrons. The standard InChI is InChI=1S/C16H17N3O/c1-11-3-6-16(20-2)13(7-11)10-19-15-8-14(17)5-4-12(15)9-18-19/h3-9H,10,17H2,1-2H3. The number of hydrogen-bond acceptors (Lipinski definition) is 3. The monoisotopic (exact) mass is 267 g/mol. The van der Waals surface area contributed by atoms with Gasteiger partial charge in [0.2, 0.25) is 0 Å². The maximum atomic E-state index is 5.86. The number of anilines is 1. The number of nitrogen functional groups attached to an aromatic ring is 1. The van der Waals surface area contributed by atoms with E-state index in [4.69, 9.17) is 10.5 Å². The molecule has 102 valence electrons. The zero-order valence-corrected chi connectivity index (χ0v) is 11.6. The number of benzene rings is 2. The van der Waals surface area contributed by atoms with Crippen LogP contribution in [0.4, 0.5) is 5.69 Å². The molecule has 0 aliphatic heterocycles. The average Bonchev–Trinajstić information content (AvgIpc) is 2.82. The van der Waals surface area contributed by atoms with Gasteiger partial charge in [-0.2, -0.15) is 5.10 Å². The highest BCUT2D eigenvalue weighted by molar-refractivity contribution is 5.81. The summed E-state index contributed by atoms with van der Waals surface area (Å²) in [7, 11) is 1.69. The molecule has 4 heteroatoms. The Bertz CT molecular complexity index is 762. The number of aryl methyl sites for hydroxylation is 1. The Morgan fingerprint density at radius 3 is 2.85 bits per heavy atom. The van der Waals surface area contributed by atoms with Crippen LogP contribution < -0.4 is 10.5 Å². The molecule has 0 fully saturated rings. The number of methoxy groups -OCH3 is 1. The van der Waals surface area contributed by atoms with Crippen molar-refractivity contribution in [3.05, 3.63) is 53.7 Å². The van der Waals surface area contributed by atoms with Crippen LogP contribution in [0.5, 0.6) is 5.75 Å². The van der Waals surface area contributed by atoms with Crippen LogP contribution in [0, 0.1) is 6.92 Å². The van der Waals surface area contributed by atoms with E-state index in [0.717, 1.165) is 27.9 Å². The summed E-state index contributed by atoms with van der Waals surface area (Å²) in [4.78, 5) is 0. The van der Waals surface area contributed by atoms with Gasteiger partial charge >= 0.3 is 0 Å². The number of aromatic nitrogens is 2. The highest BCUT2D eigenvalue weighted by Gasteiger charge is 2.08. The zero-order chi connectivity index (χ0) is 14.1. The minimum atomic E-state index is 0.664. The smallest absolute Gasteiger partial charge is 0.123 e. The maximum absolute atomic E-state index is 5.86. The molecule has 0 bridgehead atoms. The first-order valence-electron chi connectivity index (χ1n) is 6.52. The normalized spacial score (nSPS) is 10.9. The highest BCUT2D eigenvalue weighted by Crippen LogP contribution is 2.23. The van der Waals surface area contributed by atoms with Crippen LogP contribution in [0.25, 0.3) is 10.9 Å². The molecule has 0 spiro atoms. The van der Waals surface area contributed by atoms with E-state index >= 15 is 0 Å². The molecule has 0 atom stereocenters. The van der Waals surface area contributed by atoms with Crippen molar-refractivity contribution in [3.8, 4) is 5.75 Å². The van der Waals surface area contributed by atoms with Crippen LogP contribution in [0.3, 0.4) is 0 Å². The summed E-state index contributed by atoms with van der Waals surface area (Å²) in [5.74, 6) is 0.878. The first-order valence-corrected chi connectivity index (χ1v) is 6.52. The second kappa shape index (κ2) is 4.89. The van der Waals surface area contributed by atoms with Crippen molar-refractivity contribution in [1.82, 2.24) is 9.78 Å². The Morgan fingerprint density at radius 2 is 2.05 bits per heavy atom.